The van der Waals surface area contributed by atoms with E-state index in [0.29, 0.717) is 0 Å². The van der Waals surface area contributed by atoms with Gasteiger partial charge >= 0.3 is 0 Å². The number of nitrogens with one attached hydrogen (secondary N) is 1. The summed E-state index contributed by atoms with van der Waals surface area (Å²) in [5.41, 5.74) is 3.82. The van der Waals surface area contributed by atoms with Crippen LogP contribution in [0.3, 0.4) is 0 Å². The second-order valence-corrected chi connectivity index (χ2v) is 5.34. The number of nitro groups is 1. The molecule has 0 fully saturated rings. The first kappa shape index (κ1) is 15.7. The van der Waals surface area contributed by atoms with E-state index in [4.69, 9.17) is 0 Å². The van der Waals surface area contributed by atoms with Crippen LogP contribution in [0.2, 0.25) is 0 Å². The van der Waals surface area contributed by atoms with Crippen molar-refractivity contribution in [3.05, 3.63) is 64.7 Å². The van der Waals surface area contributed by atoms with Crippen molar-refractivity contribution in [1.82, 2.24) is 19.5 Å². The molecule has 0 aliphatic carbocycles. The quantitative estimate of drug-likeness (QED) is 0.451. The summed E-state index contributed by atoms with van der Waals surface area (Å²) in [6, 6.07) is 12.7. The molecule has 4 aromatic rings. The summed E-state index contributed by atoms with van der Waals surface area (Å²) in [7, 11) is 2.00. The number of aromatic amines is 1. The maximum absolute atomic E-state index is 10.5. The molecule has 0 radical (unpaired) electrons. The molecule has 0 aliphatic rings. The van der Waals surface area contributed by atoms with Gasteiger partial charge in [-0.1, -0.05) is 19.1 Å². The van der Waals surface area contributed by atoms with Crippen LogP contribution in [0.1, 0.15) is 12.7 Å². The molecule has 2 heterocycles. The fraction of sp³-hybridized carbons (Fsp3) is 0.176. The largest absolute Gasteiger partial charge is 0.342 e. The number of rotatable bonds is 2. The van der Waals surface area contributed by atoms with E-state index in [0.717, 1.165) is 28.8 Å². The molecule has 0 atom stereocenters. The van der Waals surface area contributed by atoms with E-state index < -0.39 is 4.92 Å². The third kappa shape index (κ3) is 3.10. The molecule has 0 amide bonds. The van der Waals surface area contributed by atoms with Gasteiger partial charge in [0.25, 0.3) is 5.69 Å². The van der Waals surface area contributed by atoms with Crippen molar-refractivity contribution in [2.75, 3.05) is 0 Å². The van der Waals surface area contributed by atoms with Gasteiger partial charge in [0, 0.05) is 25.6 Å². The zero-order valence-electron chi connectivity index (χ0n) is 13.4. The molecule has 0 saturated carbocycles. The van der Waals surface area contributed by atoms with Crippen molar-refractivity contribution in [3.8, 4) is 0 Å². The Hall–Kier alpha value is -3.22. The molecule has 0 saturated heterocycles. The van der Waals surface area contributed by atoms with E-state index in [1.165, 1.54) is 17.6 Å². The van der Waals surface area contributed by atoms with Crippen molar-refractivity contribution < 1.29 is 4.92 Å². The molecule has 7 heteroatoms. The number of benzene rings is 2. The van der Waals surface area contributed by atoms with E-state index >= 15 is 0 Å². The van der Waals surface area contributed by atoms with Gasteiger partial charge in [-0.25, -0.2) is 9.97 Å². The van der Waals surface area contributed by atoms with Gasteiger partial charge in [0.05, 0.1) is 33.3 Å². The van der Waals surface area contributed by atoms with Crippen molar-refractivity contribution in [2.45, 2.75) is 13.3 Å². The molecular weight excluding hydrogens is 306 g/mol. The Morgan fingerprint density at radius 2 is 2.00 bits per heavy atom. The maximum atomic E-state index is 10.5. The summed E-state index contributed by atoms with van der Waals surface area (Å²) >= 11 is 0. The lowest BCUT2D eigenvalue weighted by Crippen LogP contribution is -1.86. The number of hydrogen-bond donors (Lipinski definition) is 1. The number of fused-ring (bicyclic) bond motifs is 2. The number of H-pyrrole nitrogens is 1. The van der Waals surface area contributed by atoms with Crippen LogP contribution in [0, 0.1) is 10.1 Å². The Morgan fingerprint density at radius 3 is 2.71 bits per heavy atom. The minimum Gasteiger partial charge on any atom is -0.342 e. The second kappa shape index (κ2) is 6.49. The minimum absolute atomic E-state index is 0.0869. The Labute approximate surface area is 138 Å². The average molecular weight is 323 g/mol. The lowest BCUT2D eigenvalue weighted by molar-refractivity contribution is -0.384. The van der Waals surface area contributed by atoms with Gasteiger partial charge in [0.1, 0.15) is 5.82 Å². The summed E-state index contributed by atoms with van der Waals surface area (Å²) in [5.74, 6) is 0.848. The fourth-order valence-electron chi connectivity index (χ4n) is 2.41. The second-order valence-electron chi connectivity index (χ2n) is 5.34. The first-order valence-corrected chi connectivity index (χ1v) is 7.57. The van der Waals surface area contributed by atoms with Crippen molar-refractivity contribution in [1.29, 1.82) is 0 Å². The van der Waals surface area contributed by atoms with Gasteiger partial charge < -0.3 is 9.55 Å². The van der Waals surface area contributed by atoms with Gasteiger partial charge in [0.2, 0.25) is 0 Å². The number of nitro benzene ring substituents is 1. The van der Waals surface area contributed by atoms with Gasteiger partial charge in [-0.3, -0.25) is 10.1 Å². The fourth-order valence-corrected chi connectivity index (χ4v) is 2.41. The molecule has 122 valence electrons. The topological polar surface area (TPSA) is 89.6 Å². The Bertz CT molecular complexity index is 1000. The number of hydrogen-bond acceptors (Lipinski definition) is 4. The molecule has 4 rings (SSSR count). The van der Waals surface area contributed by atoms with Crippen LogP contribution in [0.25, 0.3) is 22.1 Å². The molecule has 24 heavy (non-hydrogen) atoms. The molecule has 0 aliphatic heterocycles. The van der Waals surface area contributed by atoms with E-state index in [2.05, 4.69) is 21.0 Å². The summed E-state index contributed by atoms with van der Waals surface area (Å²) in [6.45, 7) is 1.98. The number of para-hydroxylation sites is 2. The predicted octanol–water partition coefficient (Wildman–Crippen LogP) is 3.61. The molecule has 7 nitrogen and oxygen atoms in total. The predicted molar refractivity (Wildman–Crippen MR) is 92.8 cm³/mol. The van der Waals surface area contributed by atoms with Crippen LogP contribution in [0.5, 0.6) is 0 Å². The highest BCUT2D eigenvalue weighted by Crippen LogP contribution is 2.18. The Kier molecular flexibility index (Phi) is 4.24. The molecule has 0 spiro atoms. The summed E-state index contributed by atoms with van der Waals surface area (Å²) in [6.07, 6.45) is 2.62. The first-order chi connectivity index (χ1) is 11.6. The number of imidazole rings is 2. The van der Waals surface area contributed by atoms with E-state index in [1.54, 1.807) is 6.07 Å². The third-order valence-corrected chi connectivity index (χ3v) is 3.69. The summed E-state index contributed by atoms with van der Waals surface area (Å²) in [5, 5.41) is 10.5. The van der Waals surface area contributed by atoms with E-state index in [1.807, 2.05) is 43.1 Å². The average Bonchev–Trinajstić information content (AvgIpc) is 3.18. The Morgan fingerprint density at radius 1 is 1.21 bits per heavy atom. The van der Waals surface area contributed by atoms with Crippen molar-refractivity contribution in [2.24, 2.45) is 7.05 Å². The zero-order valence-corrected chi connectivity index (χ0v) is 13.4. The summed E-state index contributed by atoms with van der Waals surface area (Å²) < 4.78 is 2.01. The van der Waals surface area contributed by atoms with Crippen molar-refractivity contribution >= 4 is 27.8 Å². The molecular formula is C17H17N5O2. The van der Waals surface area contributed by atoms with Crippen LogP contribution in [0.4, 0.5) is 5.69 Å². The van der Waals surface area contributed by atoms with Crippen LogP contribution >= 0.6 is 0 Å². The standard InChI is InChI=1S/C9H9N3O2.C8H8N2/c1-2-9-10-7-4-3-6(12(13)14)5-8(7)11-9;1-10-6-9-7-4-2-3-5-8(7)10/h3-5H,2H2,1H3,(H,10,11);2-6H,1H3. The van der Waals surface area contributed by atoms with Crippen LogP contribution in [-0.4, -0.2) is 24.4 Å². The number of aryl methyl sites for hydroxylation is 2. The highest BCUT2D eigenvalue weighted by Gasteiger charge is 2.08. The lowest BCUT2D eigenvalue weighted by Gasteiger charge is -1.90. The molecule has 2 aromatic heterocycles. The number of nitrogens with zero attached hydrogens (tertiary/aromatic N) is 4. The molecule has 1 N–H and O–H groups in total. The van der Waals surface area contributed by atoms with Gasteiger partial charge in [0.15, 0.2) is 0 Å². The van der Waals surface area contributed by atoms with E-state index in [-0.39, 0.29) is 5.69 Å². The molecule has 2 aromatic carbocycles. The van der Waals surface area contributed by atoms with Gasteiger partial charge in [-0.15, -0.1) is 0 Å². The van der Waals surface area contributed by atoms with Gasteiger partial charge in [-0.05, 0) is 18.2 Å². The molecule has 0 unspecified atom stereocenters. The van der Waals surface area contributed by atoms with Crippen molar-refractivity contribution in [3.63, 3.8) is 0 Å². The smallest absolute Gasteiger partial charge is 0.271 e. The highest BCUT2D eigenvalue weighted by molar-refractivity contribution is 5.77. The van der Waals surface area contributed by atoms with Crippen LogP contribution in [0.15, 0.2) is 48.8 Å². The monoisotopic (exact) mass is 323 g/mol. The lowest BCUT2D eigenvalue weighted by atomic mass is 10.3. The van der Waals surface area contributed by atoms with Crippen LogP contribution in [-0.2, 0) is 13.5 Å². The minimum atomic E-state index is -0.411. The summed E-state index contributed by atoms with van der Waals surface area (Å²) in [4.78, 5) is 21.5. The normalized spacial score (nSPS) is 10.6. The van der Waals surface area contributed by atoms with Crippen LogP contribution < -0.4 is 0 Å². The number of non-ortho nitro benzene ring substituents is 1. The first-order valence-electron chi connectivity index (χ1n) is 7.57. The van der Waals surface area contributed by atoms with Gasteiger partial charge in [-0.2, -0.15) is 0 Å². The Balaban J connectivity index is 0.000000149. The SMILES string of the molecule is CCc1nc2ccc([N+](=O)[O-])cc2[nH]1.Cn1cnc2ccccc21. The molecule has 0 bridgehead atoms. The third-order valence-electron chi connectivity index (χ3n) is 3.69. The maximum Gasteiger partial charge on any atom is 0.271 e. The number of aromatic nitrogens is 4. The van der Waals surface area contributed by atoms with E-state index in [9.17, 15) is 10.1 Å². The zero-order chi connectivity index (χ0) is 17.1. The highest BCUT2D eigenvalue weighted by atomic mass is 16.6.